The summed E-state index contributed by atoms with van der Waals surface area (Å²) in [5.74, 6) is -0.511. The average molecular weight is 593 g/mol. The Hall–Kier alpha value is -2.89. The maximum atomic E-state index is 13.2. The largest absolute Gasteiger partial charge is 0.444 e. The number of halogens is 1. The van der Waals surface area contributed by atoms with Crippen LogP contribution in [0.5, 0.6) is 0 Å². The van der Waals surface area contributed by atoms with Gasteiger partial charge in [0.2, 0.25) is 21.8 Å². The van der Waals surface area contributed by atoms with E-state index in [1.165, 1.54) is 11.0 Å². The molecular formula is C28H37ClN4O6S. The van der Waals surface area contributed by atoms with Crippen LogP contribution >= 0.6 is 11.6 Å². The molecule has 218 valence electrons. The van der Waals surface area contributed by atoms with Crippen molar-refractivity contribution in [3.8, 4) is 0 Å². The van der Waals surface area contributed by atoms with Gasteiger partial charge in [0.15, 0.2) is 0 Å². The number of benzene rings is 2. The Morgan fingerprint density at radius 1 is 1.05 bits per heavy atom. The first-order chi connectivity index (χ1) is 18.8. The van der Waals surface area contributed by atoms with E-state index in [0.717, 1.165) is 23.6 Å². The van der Waals surface area contributed by atoms with Gasteiger partial charge in [0.05, 0.1) is 11.4 Å². The maximum absolute atomic E-state index is 13.2. The predicted molar refractivity (Wildman–Crippen MR) is 152 cm³/mol. The van der Waals surface area contributed by atoms with Gasteiger partial charge in [0.1, 0.15) is 11.6 Å². The van der Waals surface area contributed by atoms with E-state index in [2.05, 4.69) is 10.0 Å². The summed E-state index contributed by atoms with van der Waals surface area (Å²) in [4.78, 5) is 41.5. The number of alkyl carbamates (subject to hydrolysis) is 1. The number of nitrogens with one attached hydrogen (secondary N) is 2. The molecule has 2 atom stereocenters. The zero-order valence-electron chi connectivity index (χ0n) is 23.1. The first-order valence-electron chi connectivity index (χ1n) is 13.6. The third-order valence-corrected chi connectivity index (χ3v) is 8.75. The fourth-order valence-electron chi connectivity index (χ4n) is 5.09. The average Bonchev–Trinajstić information content (AvgIpc) is 2.88. The van der Waals surface area contributed by atoms with Crippen LogP contribution < -0.4 is 10.0 Å². The van der Waals surface area contributed by atoms with Crippen molar-refractivity contribution >= 4 is 50.3 Å². The Morgan fingerprint density at radius 3 is 2.50 bits per heavy atom. The number of nitrogens with zero attached hydrogens (tertiary/aromatic N) is 2. The molecule has 4 rings (SSSR count). The van der Waals surface area contributed by atoms with Crippen molar-refractivity contribution in [1.29, 1.82) is 0 Å². The number of likely N-dealkylation sites (tertiary alicyclic amines) is 2. The molecule has 2 aromatic rings. The van der Waals surface area contributed by atoms with E-state index in [1.807, 2.05) is 0 Å². The number of ether oxygens (including phenoxy) is 1. The van der Waals surface area contributed by atoms with E-state index in [9.17, 15) is 22.8 Å². The zero-order valence-corrected chi connectivity index (χ0v) is 24.7. The fraction of sp³-hybridized carbons (Fsp3) is 0.536. The Balaban J connectivity index is 1.33. The zero-order chi connectivity index (χ0) is 29.1. The number of hydrogen-bond acceptors (Lipinski definition) is 6. The molecule has 2 N–H and O–H groups in total. The van der Waals surface area contributed by atoms with Crippen LogP contribution in [0.15, 0.2) is 41.3 Å². The monoisotopic (exact) mass is 592 g/mol. The van der Waals surface area contributed by atoms with Crippen LogP contribution in [0.2, 0.25) is 5.02 Å². The van der Waals surface area contributed by atoms with E-state index >= 15 is 0 Å². The van der Waals surface area contributed by atoms with E-state index < -0.39 is 33.7 Å². The van der Waals surface area contributed by atoms with Crippen LogP contribution in [0.25, 0.3) is 10.8 Å². The summed E-state index contributed by atoms with van der Waals surface area (Å²) in [6, 6.07) is 8.96. The van der Waals surface area contributed by atoms with E-state index in [1.54, 1.807) is 56.0 Å². The first kappa shape index (κ1) is 30.1. The van der Waals surface area contributed by atoms with Gasteiger partial charge in [-0.3, -0.25) is 9.59 Å². The van der Waals surface area contributed by atoms with Crippen molar-refractivity contribution in [3.63, 3.8) is 0 Å². The van der Waals surface area contributed by atoms with Gasteiger partial charge in [-0.15, -0.1) is 0 Å². The van der Waals surface area contributed by atoms with Gasteiger partial charge in [-0.05, 0) is 87.4 Å². The summed E-state index contributed by atoms with van der Waals surface area (Å²) in [6.45, 7) is 7.11. The molecule has 0 aliphatic carbocycles. The normalized spacial score (nSPS) is 20.4. The van der Waals surface area contributed by atoms with E-state index in [0.29, 0.717) is 44.0 Å². The smallest absolute Gasteiger partial charge is 0.407 e. The third kappa shape index (κ3) is 7.86. The second kappa shape index (κ2) is 12.3. The van der Waals surface area contributed by atoms with Crippen LogP contribution in [0, 0.1) is 5.92 Å². The second-order valence-electron chi connectivity index (χ2n) is 11.5. The number of amides is 3. The lowest BCUT2D eigenvalue weighted by Gasteiger charge is -2.36. The molecule has 0 radical (unpaired) electrons. The van der Waals surface area contributed by atoms with Crippen LogP contribution in [0.1, 0.15) is 46.5 Å². The molecule has 1 unspecified atom stereocenters. The molecule has 40 heavy (non-hydrogen) atoms. The molecule has 2 heterocycles. The minimum atomic E-state index is -3.97. The minimum Gasteiger partial charge on any atom is -0.444 e. The van der Waals surface area contributed by atoms with Crippen LogP contribution in [-0.2, 0) is 24.3 Å². The third-order valence-electron chi connectivity index (χ3n) is 7.04. The summed E-state index contributed by atoms with van der Waals surface area (Å²) in [5, 5.41) is 4.86. The van der Waals surface area contributed by atoms with E-state index in [4.69, 9.17) is 16.3 Å². The lowest BCUT2D eigenvalue weighted by atomic mass is 9.98. The van der Waals surface area contributed by atoms with Gasteiger partial charge in [-0.1, -0.05) is 23.7 Å². The number of carbonyl (C=O) groups excluding carboxylic acids is 3. The summed E-state index contributed by atoms with van der Waals surface area (Å²) in [6.07, 6.45) is 2.10. The van der Waals surface area contributed by atoms with Gasteiger partial charge in [0.25, 0.3) is 0 Å². The van der Waals surface area contributed by atoms with Crippen molar-refractivity contribution in [1.82, 2.24) is 19.8 Å². The molecule has 0 aromatic heterocycles. The first-order valence-corrected chi connectivity index (χ1v) is 15.4. The second-order valence-corrected chi connectivity index (χ2v) is 13.6. The van der Waals surface area contributed by atoms with Gasteiger partial charge < -0.3 is 19.9 Å². The summed E-state index contributed by atoms with van der Waals surface area (Å²) < 4.78 is 34.1. The molecule has 2 fully saturated rings. The number of fused-ring (bicyclic) bond motifs is 1. The van der Waals surface area contributed by atoms with Gasteiger partial charge >= 0.3 is 6.09 Å². The van der Waals surface area contributed by atoms with Crippen LogP contribution in [0.3, 0.4) is 0 Å². The molecule has 0 spiro atoms. The topological polar surface area (TPSA) is 125 Å². The Labute approximate surface area is 240 Å². The summed E-state index contributed by atoms with van der Waals surface area (Å²) in [5.41, 5.74) is -0.587. The van der Waals surface area contributed by atoms with Crippen molar-refractivity contribution in [3.05, 3.63) is 41.4 Å². The highest BCUT2D eigenvalue weighted by Gasteiger charge is 2.35. The molecule has 10 nitrogen and oxygen atoms in total. The van der Waals surface area contributed by atoms with Crippen LogP contribution in [-0.4, -0.2) is 80.5 Å². The highest BCUT2D eigenvalue weighted by Crippen LogP contribution is 2.24. The molecule has 2 aromatic carbocycles. The van der Waals surface area contributed by atoms with E-state index in [-0.39, 0.29) is 23.3 Å². The van der Waals surface area contributed by atoms with Crippen molar-refractivity contribution in [2.75, 3.05) is 32.7 Å². The van der Waals surface area contributed by atoms with Gasteiger partial charge in [-0.2, -0.15) is 4.72 Å². The molecule has 3 amide bonds. The lowest BCUT2D eigenvalue weighted by Crippen LogP contribution is -2.55. The van der Waals surface area contributed by atoms with Crippen molar-refractivity contribution in [2.45, 2.75) is 63.0 Å². The van der Waals surface area contributed by atoms with Crippen molar-refractivity contribution in [2.24, 2.45) is 5.92 Å². The van der Waals surface area contributed by atoms with Gasteiger partial charge in [0, 0.05) is 31.2 Å². The summed E-state index contributed by atoms with van der Waals surface area (Å²) >= 11 is 6.02. The molecule has 2 saturated heterocycles. The number of hydrogen-bond donors (Lipinski definition) is 2. The SMILES string of the molecule is CC(C)(C)OC(=O)NCC1CCCN(C(=O)CN2CCC[C@H](NS(=O)(=O)c3ccc4cc(Cl)ccc4c3)C2=O)C1. The lowest BCUT2D eigenvalue weighted by molar-refractivity contribution is -0.144. The Kier molecular flexibility index (Phi) is 9.26. The maximum Gasteiger partial charge on any atom is 0.407 e. The fourth-order valence-corrected chi connectivity index (χ4v) is 6.53. The predicted octanol–water partition coefficient (Wildman–Crippen LogP) is 3.53. The number of sulfonamides is 1. The molecule has 0 bridgehead atoms. The quantitative estimate of drug-likeness (QED) is 0.507. The number of carbonyl (C=O) groups is 3. The van der Waals surface area contributed by atoms with Gasteiger partial charge in [-0.25, -0.2) is 13.2 Å². The standard InChI is InChI=1S/C28H37ClN4O6S/c1-28(2,3)39-27(36)30-16-19-6-4-12-32(17-19)25(34)18-33-13-5-7-24(26(33)35)31-40(37,38)23-11-9-20-14-22(29)10-8-21(20)15-23/h8-11,14-15,19,24,31H,4-7,12-13,16-18H2,1-3H3,(H,30,36)/t19?,24-/m0/s1. The molecular weight excluding hydrogens is 556 g/mol. The van der Waals surface area contributed by atoms with Crippen molar-refractivity contribution < 1.29 is 27.5 Å². The Bertz CT molecular complexity index is 1380. The highest BCUT2D eigenvalue weighted by molar-refractivity contribution is 7.89. The molecule has 2 aliphatic heterocycles. The molecule has 12 heteroatoms. The Morgan fingerprint density at radius 2 is 1.75 bits per heavy atom. The van der Waals surface area contributed by atoms with Crippen LogP contribution in [0.4, 0.5) is 4.79 Å². The summed E-state index contributed by atoms with van der Waals surface area (Å²) in [7, 11) is -3.97. The number of piperidine rings is 2. The molecule has 2 aliphatic rings. The highest BCUT2D eigenvalue weighted by atomic mass is 35.5. The minimum absolute atomic E-state index is 0.0580. The molecule has 0 saturated carbocycles. The number of rotatable bonds is 7.